The number of methoxy groups -OCH3 is 1. The van der Waals surface area contributed by atoms with E-state index in [-0.39, 0.29) is 21.9 Å². The number of hydrogen-bond acceptors (Lipinski definition) is 4. The fourth-order valence-corrected chi connectivity index (χ4v) is 3.41. The zero-order chi connectivity index (χ0) is 20.5. The van der Waals surface area contributed by atoms with Crippen molar-refractivity contribution in [2.75, 3.05) is 11.9 Å². The van der Waals surface area contributed by atoms with Gasteiger partial charge in [0.15, 0.2) is 5.69 Å². The number of nitrogens with zero attached hydrogens (tertiary/aromatic N) is 2. The fraction of sp³-hybridized carbons (Fsp3) is 0.118. The van der Waals surface area contributed by atoms with Crippen LogP contribution in [0.15, 0.2) is 59.5 Å². The number of hydrogen-bond donors (Lipinski definition) is 1. The van der Waals surface area contributed by atoms with Gasteiger partial charge in [-0.1, -0.05) is 18.2 Å². The van der Waals surface area contributed by atoms with Crippen LogP contribution in [-0.2, 0) is 16.2 Å². The Labute approximate surface area is 157 Å². The fourth-order valence-electron chi connectivity index (χ4n) is 2.42. The number of alkyl halides is 3. The van der Waals surface area contributed by atoms with Crippen LogP contribution < -0.4 is 9.57 Å². The highest BCUT2D eigenvalue weighted by molar-refractivity contribution is 7.92. The van der Waals surface area contributed by atoms with Crippen molar-refractivity contribution in [3.8, 4) is 17.0 Å². The van der Waals surface area contributed by atoms with Gasteiger partial charge in [-0.05, 0) is 30.3 Å². The Morgan fingerprint density at radius 2 is 1.75 bits per heavy atom. The molecule has 0 saturated heterocycles. The lowest BCUT2D eigenvalue weighted by Gasteiger charge is -2.13. The summed E-state index contributed by atoms with van der Waals surface area (Å²) < 4.78 is 82.9. The molecular formula is C17H13F4N3O3S. The molecule has 0 fully saturated rings. The predicted octanol–water partition coefficient (Wildman–Crippen LogP) is 3.65. The number of sulfonamides is 1. The van der Waals surface area contributed by atoms with Crippen LogP contribution >= 0.6 is 0 Å². The molecule has 0 saturated carbocycles. The van der Waals surface area contributed by atoms with E-state index in [0.29, 0.717) is 10.9 Å². The van der Waals surface area contributed by atoms with Gasteiger partial charge in [0.05, 0.1) is 17.7 Å². The SMILES string of the molecule is COc1cc(F)ccc1-c1cc(C(F)(F)F)nn1NS(=O)(=O)c1ccccc1. The molecule has 148 valence electrons. The first-order chi connectivity index (χ1) is 13.1. The lowest BCUT2D eigenvalue weighted by atomic mass is 10.1. The highest BCUT2D eigenvalue weighted by Gasteiger charge is 2.36. The van der Waals surface area contributed by atoms with Crippen LogP contribution in [0.25, 0.3) is 11.3 Å². The molecule has 0 aliphatic carbocycles. The average molecular weight is 415 g/mol. The number of benzene rings is 2. The zero-order valence-corrected chi connectivity index (χ0v) is 15.1. The Morgan fingerprint density at radius 3 is 2.36 bits per heavy atom. The van der Waals surface area contributed by atoms with Crippen LogP contribution in [0.4, 0.5) is 17.6 Å². The minimum Gasteiger partial charge on any atom is -0.496 e. The summed E-state index contributed by atoms with van der Waals surface area (Å²) in [5.74, 6) is -0.763. The standard InChI is InChI=1S/C17H13F4N3O3S/c1-27-15-9-11(18)7-8-13(15)14-10-16(17(19,20)21)22-24(14)23-28(25,26)12-5-3-2-4-6-12/h2-10,23H,1H3. The summed E-state index contributed by atoms with van der Waals surface area (Å²) in [6.07, 6.45) is -4.83. The molecule has 0 aliphatic heterocycles. The summed E-state index contributed by atoms with van der Waals surface area (Å²) in [5, 5.41) is 3.32. The van der Waals surface area contributed by atoms with Crippen molar-refractivity contribution in [2.45, 2.75) is 11.1 Å². The van der Waals surface area contributed by atoms with Gasteiger partial charge in [0.25, 0.3) is 10.0 Å². The van der Waals surface area contributed by atoms with Crippen molar-refractivity contribution >= 4 is 10.0 Å². The molecule has 0 amide bonds. The summed E-state index contributed by atoms with van der Waals surface area (Å²) in [6, 6.07) is 10.8. The summed E-state index contributed by atoms with van der Waals surface area (Å²) in [6.45, 7) is 0. The molecule has 1 N–H and O–H groups in total. The van der Waals surface area contributed by atoms with Gasteiger partial charge in [-0.3, -0.25) is 0 Å². The third-order valence-electron chi connectivity index (χ3n) is 3.70. The van der Waals surface area contributed by atoms with E-state index in [2.05, 4.69) is 5.10 Å². The van der Waals surface area contributed by atoms with Crippen LogP contribution in [0.1, 0.15) is 5.69 Å². The van der Waals surface area contributed by atoms with Gasteiger partial charge < -0.3 is 4.74 Å². The normalized spacial score (nSPS) is 12.0. The summed E-state index contributed by atoms with van der Waals surface area (Å²) in [4.78, 5) is 2.29. The molecule has 0 atom stereocenters. The van der Waals surface area contributed by atoms with Crippen molar-refractivity contribution in [3.05, 3.63) is 66.1 Å². The second kappa shape index (κ2) is 7.15. The van der Waals surface area contributed by atoms with E-state index in [1.54, 1.807) is 6.07 Å². The first-order valence-electron chi connectivity index (χ1n) is 7.71. The third-order valence-corrected chi connectivity index (χ3v) is 5.01. The molecule has 6 nitrogen and oxygen atoms in total. The van der Waals surface area contributed by atoms with Crippen LogP contribution in [-0.4, -0.2) is 25.4 Å². The molecule has 3 rings (SSSR count). The maximum absolute atomic E-state index is 13.4. The second-order valence-electron chi connectivity index (χ2n) is 5.58. The second-order valence-corrected chi connectivity index (χ2v) is 7.24. The van der Waals surface area contributed by atoms with Crippen molar-refractivity contribution in [3.63, 3.8) is 0 Å². The van der Waals surface area contributed by atoms with E-state index in [1.807, 2.05) is 4.83 Å². The third kappa shape index (κ3) is 3.93. The Kier molecular flexibility index (Phi) is 5.02. The van der Waals surface area contributed by atoms with Gasteiger partial charge in [0.2, 0.25) is 0 Å². The lowest BCUT2D eigenvalue weighted by Crippen LogP contribution is -2.25. The van der Waals surface area contributed by atoms with Crippen molar-refractivity contribution in [1.29, 1.82) is 0 Å². The molecule has 2 aromatic carbocycles. The predicted molar refractivity (Wildman–Crippen MR) is 92.2 cm³/mol. The maximum Gasteiger partial charge on any atom is 0.435 e. The smallest absolute Gasteiger partial charge is 0.435 e. The molecule has 0 bridgehead atoms. The first kappa shape index (κ1) is 19.7. The van der Waals surface area contributed by atoms with Crippen molar-refractivity contribution in [1.82, 2.24) is 9.89 Å². The van der Waals surface area contributed by atoms with Gasteiger partial charge in [-0.2, -0.15) is 31.2 Å². The van der Waals surface area contributed by atoms with Gasteiger partial charge in [-0.25, -0.2) is 4.39 Å². The number of rotatable bonds is 5. The van der Waals surface area contributed by atoms with Gasteiger partial charge in [0, 0.05) is 11.6 Å². The topological polar surface area (TPSA) is 73.2 Å². The molecule has 0 aliphatic rings. The van der Waals surface area contributed by atoms with Gasteiger partial charge >= 0.3 is 6.18 Å². The largest absolute Gasteiger partial charge is 0.496 e. The lowest BCUT2D eigenvalue weighted by molar-refractivity contribution is -0.141. The molecule has 1 aromatic heterocycles. The molecule has 28 heavy (non-hydrogen) atoms. The maximum atomic E-state index is 13.4. The van der Waals surface area contributed by atoms with Crippen LogP contribution in [0, 0.1) is 5.82 Å². The summed E-state index contributed by atoms with van der Waals surface area (Å²) in [7, 11) is -3.03. The van der Waals surface area contributed by atoms with Crippen molar-refractivity contribution < 1.29 is 30.7 Å². The van der Waals surface area contributed by atoms with E-state index >= 15 is 0 Å². The Balaban J connectivity index is 2.15. The van der Waals surface area contributed by atoms with Crippen LogP contribution in [0.3, 0.4) is 0 Å². The first-order valence-corrected chi connectivity index (χ1v) is 9.19. The molecular weight excluding hydrogens is 402 g/mol. The molecule has 0 radical (unpaired) electrons. The van der Waals surface area contributed by atoms with Gasteiger partial charge in [-0.15, -0.1) is 5.10 Å². The van der Waals surface area contributed by atoms with E-state index in [9.17, 15) is 26.0 Å². The number of ether oxygens (including phenoxy) is 1. The molecule has 1 heterocycles. The molecule has 11 heteroatoms. The summed E-state index contributed by atoms with van der Waals surface area (Å²) in [5.41, 5.74) is -1.59. The van der Waals surface area contributed by atoms with E-state index in [1.165, 1.54) is 37.4 Å². The van der Waals surface area contributed by atoms with Crippen molar-refractivity contribution in [2.24, 2.45) is 0 Å². The number of nitrogens with one attached hydrogen (secondary N) is 1. The monoisotopic (exact) mass is 415 g/mol. The van der Waals surface area contributed by atoms with E-state index < -0.39 is 27.7 Å². The van der Waals surface area contributed by atoms with E-state index in [0.717, 1.165) is 12.1 Å². The zero-order valence-electron chi connectivity index (χ0n) is 14.2. The van der Waals surface area contributed by atoms with Crippen LogP contribution in [0.2, 0.25) is 0 Å². The highest BCUT2D eigenvalue weighted by Crippen LogP contribution is 2.35. The minimum absolute atomic E-state index is 0.0164. The number of halogens is 4. The molecule has 3 aromatic rings. The Bertz CT molecular complexity index is 1100. The van der Waals surface area contributed by atoms with Crippen LogP contribution in [0.5, 0.6) is 5.75 Å². The van der Waals surface area contributed by atoms with E-state index in [4.69, 9.17) is 4.74 Å². The highest BCUT2D eigenvalue weighted by atomic mass is 32.2. The summed E-state index contributed by atoms with van der Waals surface area (Å²) >= 11 is 0. The van der Waals surface area contributed by atoms with Gasteiger partial charge in [0.1, 0.15) is 11.6 Å². The average Bonchev–Trinajstić information content (AvgIpc) is 3.05. The number of aromatic nitrogens is 2. The molecule has 0 unspecified atom stereocenters. The minimum atomic E-state index is -4.83. The Morgan fingerprint density at radius 1 is 1.07 bits per heavy atom. The Hall–Kier alpha value is -3.08. The quantitative estimate of drug-likeness (QED) is 0.646. The molecule has 0 spiro atoms.